The average molecular weight is 1910 g/mol. The first-order valence-corrected chi connectivity index (χ1v) is 53.9. The fraction of sp³-hybridized carbons (Fsp3) is 0. The first-order chi connectivity index (χ1) is 68.4. The van der Waals surface area contributed by atoms with Gasteiger partial charge in [0, 0.05) is 248 Å². The summed E-state index contributed by atoms with van der Waals surface area (Å²) in [6.45, 7) is 0. The van der Waals surface area contributed by atoms with Crippen LogP contribution in [0.25, 0.3) is 297 Å². The molecule has 0 atom stereocenters. The Morgan fingerprint density at radius 1 is 0.116 bits per heavy atom. The largest absolute Gasteiger partial charge is 0.309 e. The topological polar surface area (TPSA) is 14.8 Å². The number of thiophene rings is 9. The van der Waals surface area contributed by atoms with Crippen molar-refractivity contribution in [3.63, 3.8) is 0 Å². The molecule has 0 aliphatic carbocycles. The van der Waals surface area contributed by atoms with E-state index in [0.717, 1.165) is 0 Å². The van der Waals surface area contributed by atoms with Crippen molar-refractivity contribution in [3.8, 4) is 50.4 Å². The van der Waals surface area contributed by atoms with E-state index in [1.165, 1.54) is 297 Å². The molecular formula is C126H69N3S9. The van der Waals surface area contributed by atoms with Gasteiger partial charge >= 0.3 is 0 Å². The summed E-state index contributed by atoms with van der Waals surface area (Å²) in [6, 6.07) is 156. The molecule has 0 radical (unpaired) electrons. The van der Waals surface area contributed by atoms with Crippen LogP contribution in [0.5, 0.6) is 0 Å². The molecule has 0 aliphatic rings. The normalized spacial score (nSPS) is 12.3. The van der Waals surface area contributed by atoms with Crippen LogP contribution in [0.15, 0.2) is 419 Å². The number of benzene rings is 21. The third-order valence-corrected chi connectivity index (χ3v) is 39.4. The summed E-state index contributed by atoms with van der Waals surface area (Å²) in [5, 5.41) is 32.0. The van der Waals surface area contributed by atoms with Gasteiger partial charge in [-0.1, -0.05) is 261 Å². The maximum absolute atomic E-state index is 2.47. The molecule has 12 heteroatoms. The molecule has 33 aromatic rings. The zero-order valence-corrected chi connectivity index (χ0v) is 80.7. The summed E-state index contributed by atoms with van der Waals surface area (Å²) in [7, 11) is 0. The molecule has 0 unspecified atom stereocenters. The lowest BCUT2D eigenvalue weighted by Gasteiger charge is -2.09. The van der Waals surface area contributed by atoms with E-state index < -0.39 is 0 Å². The van der Waals surface area contributed by atoms with Crippen LogP contribution in [0, 0.1) is 0 Å². The minimum absolute atomic E-state index is 1.20. The molecule has 642 valence electrons. The van der Waals surface area contributed by atoms with Gasteiger partial charge in [0.25, 0.3) is 0 Å². The first kappa shape index (κ1) is 78.2. The number of aromatic nitrogens is 3. The second-order valence-corrected chi connectivity index (χ2v) is 45.7. The van der Waals surface area contributed by atoms with E-state index >= 15 is 0 Å². The molecule has 0 saturated heterocycles. The van der Waals surface area contributed by atoms with Crippen LogP contribution in [0.1, 0.15) is 0 Å². The second kappa shape index (κ2) is 30.2. The van der Waals surface area contributed by atoms with Gasteiger partial charge in [0.05, 0.1) is 33.1 Å². The summed E-state index contributed by atoms with van der Waals surface area (Å²) in [6.07, 6.45) is 0. The zero-order valence-electron chi connectivity index (χ0n) is 73.4. The number of hydrogen-bond acceptors (Lipinski definition) is 9. The van der Waals surface area contributed by atoms with Gasteiger partial charge in [0.2, 0.25) is 0 Å². The van der Waals surface area contributed by atoms with Gasteiger partial charge in [-0.3, -0.25) is 0 Å². The quantitative estimate of drug-likeness (QED) is 0.158. The van der Waals surface area contributed by atoms with Crippen molar-refractivity contribution in [1.82, 2.24) is 13.7 Å². The summed E-state index contributed by atoms with van der Waals surface area (Å²) >= 11 is 17.1. The van der Waals surface area contributed by atoms with E-state index in [9.17, 15) is 0 Å². The van der Waals surface area contributed by atoms with Crippen molar-refractivity contribution in [3.05, 3.63) is 419 Å². The molecular weight excluding hydrogens is 1840 g/mol. The predicted octanol–water partition coefficient (Wildman–Crippen LogP) is 40.7. The maximum Gasteiger partial charge on any atom is 0.0555 e. The van der Waals surface area contributed by atoms with Crippen molar-refractivity contribution < 1.29 is 0 Å². The highest BCUT2D eigenvalue weighted by Crippen LogP contribution is 2.54. The van der Waals surface area contributed by atoms with Crippen molar-refractivity contribution in [2.45, 2.75) is 0 Å². The lowest BCUT2D eigenvalue weighted by Crippen LogP contribution is -1.93. The fourth-order valence-corrected chi connectivity index (χ4v) is 33.5. The van der Waals surface area contributed by atoms with Gasteiger partial charge in [0.15, 0.2) is 0 Å². The van der Waals surface area contributed by atoms with Gasteiger partial charge < -0.3 is 13.7 Å². The summed E-state index contributed by atoms with van der Waals surface area (Å²) in [4.78, 5) is 0. The number of rotatable bonds is 6. The molecule has 0 amide bonds. The SMILES string of the molecule is c1ccc2c(c1)sc1c2ccc2c1c1ccccc1n2-c1ccc2sc3c(-c4cccc5sc6ccccc6c45)cccc3c2c1.c1ccc2c(c1)sc1cc3c4ccccc4n(-c4ccc5sc6c(-c7cccc8sc9ccccc9c78)cccc6c5c4)c3cc12.c1ccc2c(c1)sc1cccc(-c3cccc4c3sc3ccc(-n5c6ccccc6c6c7c(ccc65)sc5ccccc57)cc34)c12. The van der Waals surface area contributed by atoms with Gasteiger partial charge in [-0.2, -0.15) is 0 Å². The fourth-order valence-electron chi connectivity index (χ4n) is 22.9. The summed E-state index contributed by atoms with van der Waals surface area (Å²) < 4.78 is 31.6. The summed E-state index contributed by atoms with van der Waals surface area (Å²) in [5.41, 5.74) is 19.0. The number of hydrogen-bond donors (Lipinski definition) is 0. The van der Waals surface area contributed by atoms with Gasteiger partial charge in [-0.15, -0.1) is 102 Å². The molecule has 12 heterocycles. The monoisotopic (exact) mass is 1910 g/mol. The number of para-hydroxylation sites is 3. The maximum atomic E-state index is 2.47. The Morgan fingerprint density at radius 3 is 0.848 bits per heavy atom. The van der Waals surface area contributed by atoms with E-state index in [1.54, 1.807) is 0 Å². The Balaban J connectivity index is 0.0000000959. The Hall–Kier alpha value is -15.0. The van der Waals surface area contributed by atoms with E-state index in [4.69, 9.17) is 0 Å². The van der Waals surface area contributed by atoms with E-state index in [-0.39, 0.29) is 0 Å². The second-order valence-electron chi connectivity index (χ2n) is 36.1. The van der Waals surface area contributed by atoms with Crippen molar-refractivity contribution in [1.29, 1.82) is 0 Å². The van der Waals surface area contributed by atoms with Gasteiger partial charge in [-0.25, -0.2) is 0 Å². The molecule has 0 aliphatic heterocycles. The highest BCUT2D eigenvalue weighted by Gasteiger charge is 2.27. The summed E-state index contributed by atoms with van der Waals surface area (Å²) in [5.74, 6) is 0. The highest BCUT2D eigenvalue weighted by atomic mass is 32.1. The van der Waals surface area contributed by atoms with Crippen LogP contribution in [0.2, 0.25) is 0 Å². The van der Waals surface area contributed by atoms with Crippen LogP contribution in [0.3, 0.4) is 0 Å². The zero-order chi connectivity index (χ0) is 89.8. The van der Waals surface area contributed by atoms with Crippen molar-refractivity contribution in [2.75, 3.05) is 0 Å². The van der Waals surface area contributed by atoms with Crippen LogP contribution >= 0.6 is 102 Å². The van der Waals surface area contributed by atoms with Gasteiger partial charge in [0.1, 0.15) is 0 Å². The van der Waals surface area contributed by atoms with Crippen molar-refractivity contribution in [2.24, 2.45) is 0 Å². The number of nitrogens with zero attached hydrogens (tertiary/aromatic N) is 3. The lowest BCUT2D eigenvalue weighted by molar-refractivity contribution is 1.19. The number of fused-ring (bicyclic) bond motifs is 38. The Morgan fingerprint density at radius 2 is 0.391 bits per heavy atom. The molecule has 0 spiro atoms. The lowest BCUT2D eigenvalue weighted by atomic mass is 9.98. The minimum atomic E-state index is 1.20. The molecule has 0 bridgehead atoms. The predicted molar refractivity (Wildman–Crippen MR) is 615 cm³/mol. The molecule has 3 nitrogen and oxygen atoms in total. The van der Waals surface area contributed by atoms with E-state index in [0.29, 0.717) is 0 Å². The molecule has 33 rings (SSSR count). The van der Waals surface area contributed by atoms with Crippen LogP contribution < -0.4 is 0 Å². The average Bonchev–Trinajstić information content (AvgIpc) is 1.56. The molecule has 12 aromatic heterocycles. The highest BCUT2D eigenvalue weighted by molar-refractivity contribution is 7.30. The molecule has 138 heavy (non-hydrogen) atoms. The standard InChI is InChI=1S/3C42H23NS3/c1-4-15-33-30(10-1)40-34(21-20-29-25-9-2-5-16-35(25)46-42(29)40)43(33)24-19-22-37-32(23-24)28-14-7-13-27(41(28)45-37)26-12-8-18-38-39(26)31-11-3-6-17-36(31)44-38;1-4-15-32-28(9-1)40-33(20-22-38-41(40)30-11-3-6-17-35(30)45-38)43(32)24-19-21-36-31(23-24)27-14-7-13-26(42(27)46-36)25-12-8-18-37-39(25)29-10-2-5-16-34(29)44-37;1-4-15-34-25(9-1)31-23-40-33(26-10-2-5-16-36(26)45-40)22-35(31)43(34)24-19-20-38-32(21-24)29-14-7-13-28(42(29)46-38)27-12-8-18-39-41(27)30-11-3-6-17-37(30)44-39/h3*1-23H. The minimum Gasteiger partial charge on any atom is -0.309 e. The van der Waals surface area contributed by atoms with Gasteiger partial charge in [-0.05, 0) is 174 Å². The van der Waals surface area contributed by atoms with Crippen LogP contribution in [0.4, 0.5) is 0 Å². The van der Waals surface area contributed by atoms with Crippen molar-refractivity contribution >= 4 is 349 Å². The smallest absolute Gasteiger partial charge is 0.0555 e. The van der Waals surface area contributed by atoms with E-state index in [2.05, 4.69) is 432 Å². The molecule has 0 saturated carbocycles. The van der Waals surface area contributed by atoms with Crippen LogP contribution in [-0.2, 0) is 0 Å². The molecule has 21 aromatic carbocycles. The first-order valence-electron chi connectivity index (χ1n) is 46.5. The molecule has 0 N–H and O–H groups in total. The Bertz CT molecular complexity index is 10800. The Kier molecular flexibility index (Phi) is 17.1. The van der Waals surface area contributed by atoms with E-state index in [1.807, 2.05) is 102 Å². The van der Waals surface area contributed by atoms with Crippen LogP contribution in [-0.4, -0.2) is 13.7 Å². The third kappa shape index (κ3) is 11.5. The Labute approximate surface area is 823 Å². The molecule has 0 fully saturated rings. The third-order valence-electron chi connectivity index (χ3n) is 28.8.